The van der Waals surface area contributed by atoms with Gasteiger partial charge in [0.2, 0.25) is 5.89 Å². The molecule has 1 aliphatic rings. The summed E-state index contributed by atoms with van der Waals surface area (Å²) in [5.74, 6) is 1.75. The number of ether oxygens (including phenoxy) is 1. The molecule has 5 nitrogen and oxygen atoms in total. The van der Waals surface area contributed by atoms with Gasteiger partial charge >= 0.3 is 0 Å². The van der Waals surface area contributed by atoms with Crippen molar-refractivity contribution >= 4 is 0 Å². The average Bonchev–Trinajstić information content (AvgIpc) is 2.84. The Morgan fingerprint density at radius 2 is 2.46 bits per heavy atom. The predicted molar refractivity (Wildman–Crippen MR) is 45.1 cm³/mol. The Morgan fingerprint density at radius 1 is 1.69 bits per heavy atom. The number of rotatable bonds is 4. The van der Waals surface area contributed by atoms with Crippen LogP contribution < -0.4 is 5.73 Å². The van der Waals surface area contributed by atoms with Crippen LogP contribution in [0.5, 0.6) is 0 Å². The molecule has 0 aliphatic heterocycles. The first-order valence-corrected chi connectivity index (χ1v) is 4.39. The van der Waals surface area contributed by atoms with Crippen LogP contribution >= 0.6 is 0 Å². The van der Waals surface area contributed by atoms with Crippen molar-refractivity contribution in [3.05, 3.63) is 11.7 Å². The quantitative estimate of drug-likeness (QED) is 0.739. The molecule has 13 heavy (non-hydrogen) atoms. The van der Waals surface area contributed by atoms with Crippen LogP contribution in [-0.2, 0) is 4.74 Å². The number of nitrogens with zero attached hydrogens (tertiary/aromatic N) is 2. The van der Waals surface area contributed by atoms with Crippen molar-refractivity contribution in [1.29, 1.82) is 0 Å². The van der Waals surface area contributed by atoms with Crippen molar-refractivity contribution in [2.75, 3.05) is 13.7 Å². The molecule has 1 aliphatic carbocycles. The van der Waals surface area contributed by atoms with Gasteiger partial charge in [0.05, 0.1) is 12.6 Å². The summed E-state index contributed by atoms with van der Waals surface area (Å²) < 4.78 is 9.96. The largest absolute Gasteiger partial charge is 0.383 e. The Labute approximate surface area is 76.3 Å². The van der Waals surface area contributed by atoms with E-state index in [1.807, 2.05) is 0 Å². The normalized spacial score (nSPS) is 18.9. The maximum atomic E-state index is 5.73. The van der Waals surface area contributed by atoms with E-state index in [0.29, 0.717) is 18.3 Å². The predicted octanol–water partition coefficient (Wildman–Crippen LogP) is 0.593. The van der Waals surface area contributed by atoms with E-state index >= 15 is 0 Å². The Morgan fingerprint density at radius 3 is 3.08 bits per heavy atom. The van der Waals surface area contributed by atoms with Crippen LogP contribution in [0.1, 0.15) is 36.5 Å². The summed E-state index contributed by atoms with van der Waals surface area (Å²) >= 11 is 0. The lowest BCUT2D eigenvalue weighted by Gasteiger charge is -2.02. The molecule has 72 valence electrons. The Balaban J connectivity index is 2.03. The lowest BCUT2D eigenvalue weighted by molar-refractivity contribution is 0.177. The number of hydrogen-bond donors (Lipinski definition) is 1. The molecule has 0 bridgehead atoms. The maximum absolute atomic E-state index is 5.73. The molecule has 0 radical (unpaired) electrons. The molecule has 1 fully saturated rings. The molecule has 1 unspecified atom stereocenters. The second-order valence-electron chi connectivity index (χ2n) is 3.33. The van der Waals surface area contributed by atoms with Crippen molar-refractivity contribution in [2.45, 2.75) is 24.8 Å². The van der Waals surface area contributed by atoms with Gasteiger partial charge in [-0.1, -0.05) is 5.16 Å². The van der Waals surface area contributed by atoms with E-state index < -0.39 is 0 Å². The Hall–Kier alpha value is -0.940. The first kappa shape index (κ1) is 8.65. The standard InChI is InChI=1S/C8H13N3O2/c1-12-4-6(9)7-10-8(13-11-7)5-2-3-5/h5-6H,2-4,9H2,1H3. The van der Waals surface area contributed by atoms with Crippen molar-refractivity contribution in [2.24, 2.45) is 5.73 Å². The van der Waals surface area contributed by atoms with Gasteiger partial charge in [-0.2, -0.15) is 4.98 Å². The van der Waals surface area contributed by atoms with Gasteiger partial charge in [0, 0.05) is 13.0 Å². The fourth-order valence-electron chi connectivity index (χ4n) is 1.15. The maximum Gasteiger partial charge on any atom is 0.229 e. The minimum absolute atomic E-state index is 0.277. The van der Waals surface area contributed by atoms with Crippen LogP contribution in [0.4, 0.5) is 0 Å². The van der Waals surface area contributed by atoms with Gasteiger partial charge in [-0.3, -0.25) is 0 Å². The highest BCUT2D eigenvalue weighted by Gasteiger charge is 2.30. The average molecular weight is 183 g/mol. The van der Waals surface area contributed by atoms with E-state index in [1.54, 1.807) is 7.11 Å². The summed E-state index contributed by atoms with van der Waals surface area (Å²) in [6.45, 7) is 0.420. The molecule has 1 aromatic heterocycles. The number of hydrogen-bond acceptors (Lipinski definition) is 5. The summed E-state index contributed by atoms with van der Waals surface area (Å²) in [6, 6.07) is -0.277. The molecule has 2 rings (SSSR count). The molecule has 2 N–H and O–H groups in total. The fourth-order valence-corrected chi connectivity index (χ4v) is 1.15. The third-order valence-corrected chi connectivity index (χ3v) is 2.06. The molecule has 1 aromatic rings. The van der Waals surface area contributed by atoms with Crippen LogP contribution in [0.15, 0.2) is 4.52 Å². The highest BCUT2D eigenvalue weighted by molar-refractivity contribution is 5.03. The van der Waals surface area contributed by atoms with E-state index in [0.717, 1.165) is 18.7 Å². The number of methoxy groups -OCH3 is 1. The zero-order chi connectivity index (χ0) is 9.26. The molecule has 0 saturated heterocycles. The second-order valence-corrected chi connectivity index (χ2v) is 3.33. The lowest BCUT2D eigenvalue weighted by atomic mass is 10.3. The van der Waals surface area contributed by atoms with E-state index in [-0.39, 0.29) is 6.04 Å². The van der Waals surface area contributed by atoms with Gasteiger partial charge in [0.15, 0.2) is 5.82 Å². The summed E-state index contributed by atoms with van der Waals surface area (Å²) in [5.41, 5.74) is 5.73. The molecule has 0 spiro atoms. The van der Waals surface area contributed by atoms with E-state index in [9.17, 15) is 0 Å². The second kappa shape index (κ2) is 3.43. The van der Waals surface area contributed by atoms with Crippen molar-refractivity contribution in [3.8, 4) is 0 Å². The lowest BCUT2D eigenvalue weighted by Crippen LogP contribution is -2.17. The summed E-state index contributed by atoms with van der Waals surface area (Å²) in [4.78, 5) is 4.21. The fraction of sp³-hybridized carbons (Fsp3) is 0.750. The summed E-state index contributed by atoms with van der Waals surface area (Å²) in [5, 5.41) is 3.80. The zero-order valence-electron chi connectivity index (χ0n) is 7.56. The van der Waals surface area contributed by atoms with Crippen molar-refractivity contribution < 1.29 is 9.26 Å². The molecular weight excluding hydrogens is 170 g/mol. The molecule has 5 heteroatoms. The molecule has 1 heterocycles. The molecule has 1 saturated carbocycles. The minimum Gasteiger partial charge on any atom is -0.383 e. The zero-order valence-corrected chi connectivity index (χ0v) is 7.56. The monoisotopic (exact) mass is 183 g/mol. The SMILES string of the molecule is COCC(N)c1noc(C2CC2)n1. The minimum atomic E-state index is -0.277. The van der Waals surface area contributed by atoms with E-state index in [2.05, 4.69) is 10.1 Å². The van der Waals surface area contributed by atoms with Gasteiger partial charge in [-0.25, -0.2) is 0 Å². The molecule has 0 amide bonds. The molecule has 0 aromatic carbocycles. The third-order valence-electron chi connectivity index (χ3n) is 2.06. The van der Waals surface area contributed by atoms with Gasteiger partial charge in [0.1, 0.15) is 0 Å². The Kier molecular flexibility index (Phi) is 2.28. The highest BCUT2D eigenvalue weighted by atomic mass is 16.5. The van der Waals surface area contributed by atoms with Crippen LogP contribution in [0.3, 0.4) is 0 Å². The van der Waals surface area contributed by atoms with Crippen LogP contribution in [0.25, 0.3) is 0 Å². The topological polar surface area (TPSA) is 74.2 Å². The summed E-state index contributed by atoms with van der Waals surface area (Å²) in [7, 11) is 1.60. The highest BCUT2D eigenvalue weighted by Crippen LogP contribution is 2.39. The summed E-state index contributed by atoms with van der Waals surface area (Å²) in [6.07, 6.45) is 2.31. The molecule has 1 atom stereocenters. The van der Waals surface area contributed by atoms with Gasteiger partial charge < -0.3 is 15.0 Å². The first-order chi connectivity index (χ1) is 6.31. The van der Waals surface area contributed by atoms with Crippen LogP contribution in [0.2, 0.25) is 0 Å². The molecular formula is C8H13N3O2. The smallest absolute Gasteiger partial charge is 0.229 e. The van der Waals surface area contributed by atoms with Crippen molar-refractivity contribution in [3.63, 3.8) is 0 Å². The number of aromatic nitrogens is 2. The van der Waals surface area contributed by atoms with E-state index in [4.69, 9.17) is 15.0 Å². The third kappa shape index (κ3) is 1.87. The van der Waals surface area contributed by atoms with E-state index in [1.165, 1.54) is 0 Å². The van der Waals surface area contributed by atoms with Gasteiger partial charge in [-0.15, -0.1) is 0 Å². The van der Waals surface area contributed by atoms with Crippen molar-refractivity contribution in [1.82, 2.24) is 10.1 Å². The first-order valence-electron chi connectivity index (χ1n) is 4.39. The Bertz CT molecular complexity index is 283. The van der Waals surface area contributed by atoms with Crippen LogP contribution in [0, 0.1) is 0 Å². The van der Waals surface area contributed by atoms with Gasteiger partial charge in [0.25, 0.3) is 0 Å². The van der Waals surface area contributed by atoms with Gasteiger partial charge in [-0.05, 0) is 12.8 Å². The number of nitrogens with two attached hydrogens (primary N) is 1. The van der Waals surface area contributed by atoms with Crippen LogP contribution in [-0.4, -0.2) is 23.9 Å².